The SMILES string of the molecule is COC(=O)C(C)NC(=O)C12CC1(C)CCC2Oc1nc(OC)cc(OC)n1. The van der Waals surface area contributed by atoms with Crippen molar-refractivity contribution in [1.29, 1.82) is 0 Å². The third-order valence-electron chi connectivity index (χ3n) is 5.76. The molecule has 0 aromatic carbocycles. The van der Waals surface area contributed by atoms with E-state index in [1.165, 1.54) is 21.3 Å². The molecule has 3 rings (SSSR count). The van der Waals surface area contributed by atoms with Gasteiger partial charge < -0.3 is 24.3 Å². The van der Waals surface area contributed by atoms with Gasteiger partial charge in [-0.15, -0.1) is 0 Å². The summed E-state index contributed by atoms with van der Waals surface area (Å²) in [6.07, 6.45) is 1.83. The lowest BCUT2D eigenvalue weighted by molar-refractivity contribution is -0.146. The van der Waals surface area contributed by atoms with Gasteiger partial charge in [-0.05, 0) is 31.6 Å². The first kappa shape index (κ1) is 19.2. The van der Waals surface area contributed by atoms with Gasteiger partial charge in [0.15, 0.2) is 0 Å². The zero-order chi connectivity index (χ0) is 19.8. The first-order valence-corrected chi connectivity index (χ1v) is 8.82. The van der Waals surface area contributed by atoms with E-state index < -0.39 is 23.5 Å². The summed E-state index contributed by atoms with van der Waals surface area (Å²) in [5.74, 6) is -0.0730. The highest BCUT2D eigenvalue weighted by Crippen LogP contribution is 2.73. The molecule has 27 heavy (non-hydrogen) atoms. The minimum atomic E-state index is -0.726. The highest BCUT2D eigenvalue weighted by atomic mass is 16.5. The van der Waals surface area contributed by atoms with E-state index >= 15 is 0 Å². The van der Waals surface area contributed by atoms with Crippen molar-refractivity contribution in [2.75, 3.05) is 21.3 Å². The molecule has 1 heterocycles. The van der Waals surface area contributed by atoms with Crippen LogP contribution in [0.5, 0.6) is 17.8 Å². The molecule has 9 nitrogen and oxygen atoms in total. The highest BCUT2D eigenvalue weighted by molar-refractivity contribution is 5.92. The van der Waals surface area contributed by atoms with Crippen LogP contribution in [0, 0.1) is 10.8 Å². The smallest absolute Gasteiger partial charge is 0.328 e. The van der Waals surface area contributed by atoms with Crippen molar-refractivity contribution in [3.8, 4) is 17.8 Å². The zero-order valence-electron chi connectivity index (χ0n) is 16.2. The van der Waals surface area contributed by atoms with Crippen LogP contribution in [-0.4, -0.2) is 55.3 Å². The minimum Gasteiger partial charge on any atom is -0.481 e. The summed E-state index contributed by atoms with van der Waals surface area (Å²) in [4.78, 5) is 33.0. The quantitative estimate of drug-likeness (QED) is 0.702. The summed E-state index contributed by atoms with van der Waals surface area (Å²) in [5.41, 5.74) is -0.879. The molecular weight excluding hydrogens is 354 g/mol. The second-order valence-electron chi connectivity index (χ2n) is 7.31. The van der Waals surface area contributed by atoms with E-state index in [1.807, 2.05) is 0 Å². The van der Waals surface area contributed by atoms with Crippen molar-refractivity contribution in [2.24, 2.45) is 10.8 Å². The predicted molar refractivity (Wildman–Crippen MR) is 93.6 cm³/mol. The molecule has 1 N–H and O–H groups in total. The van der Waals surface area contributed by atoms with Crippen LogP contribution in [0.15, 0.2) is 6.07 Å². The lowest BCUT2D eigenvalue weighted by Gasteiger charge is -2.25. The molecule has 0 radical (unpaired) electrons. The number of nitrogens with zero attached hydrogens (tertiary/aromatic N) is 2. The molecule has 2 saturated carbocycles. The van der Waals surface area contributed by atoms with Crippen LogP contribution in [0.4, 0.5) is 0 Å². The van der Waals surface area contributed by atoms with Crippen molar-refractivity contribution in [3.63, 3.8) is 0 Å². The van der Waals surface area contributed by atoms with E-state index in [2.05, 4.69) is 26.9 Å². The molecule has 1 aromatic rings. The molecule has 2 aliphatic rings. The predicted octanol–water partition coefficient (Wildman–Crippen LogP) is 1.11. The molecule has 4 atom stereocenters. The number of hydrogen-bond donors (Lipinski definition) is 1. The van der Waals surface area contributed by atoms with Crippen molar-refractivity contribution in [2.45, 2.75) is 45.3 Å². The third-order valence-corrected chi connectivity index (χ3v) is 5.76. The van der Waals surface area contributed by atoms with Crippen molar-refractivity contribution in [3.05, 3.63) is 6.07 Å². The maximum Gasteiger partial charge on any atom is 0.328 e. The molecule has 148 valence electrons. The molecule has 2 aliphatic carbocycles. The number of rotatable bonds is 7. The van der Waals surface area contributed by atoms with Gasteiger partial charge in [0.2, 0.25) is 17.7 Å². The Kier molecular flexibility index (Phi) is 4.88. The van der Waals surface area contributed by atoms with Gasteiger partial charge in [0.25, 0.3) is 0 Å². The monoisotopic (exact) mass is 379 g/mol. The van der Waals surface area contributed by atoms with E-state index in [0.717, 1.165) is 6.42 Å². The molecule has 4 unspecified atom stereocenters. The summed E-state index contributed by atoms with van der Waals surface area (Å²) in [7, 11) is 4.27. The summed E-state index contributed by atoms with van der Waals surface area (Å²) in [6, 6.07) is 0.917. The Hall–Kier alpha value is -2.58. The number of carbonyl (C=O) groups excluding carboxylic acids is 2. The van der Waals surface area contributed by atoms with Crippen molar-refractivity contribution in [1.82, 2.24) is 15.3 Å². The average molecular weight is 379 g/mol. The molecular formula is C18H25N3O6. The van der Waals surface area contributed by atoms with Gasteiger partial charge in [0.05, 0.1) is 32.8 Å². The molecule has 1 aromatic heterocycles. The van der Waals surface area contributed by atoms with Crippen LogP contribution in [-0.2, 0) is 14.3 Å². The standard InChI is InChI=1S/C18H25N3O6/c1-10(14(22)26-5)19-15(23)18-9-17(18,2)7-6-11(18)27-16-20-12(24-3)8-13(21-16)25-4/h8,10-11H,6-7,9H2,1-5H3,(H,19,23). The third kappa shape index (κ3) is 3.15. The van der Waals surface area contributed by atoms with Crippen LogP contribution in [0.1, 0.15) is 33.1 Å². The summed E-state index contributed by atoms with van der Waals surface area (Å²) in [6.45, 7) is 3.66. The number of hydrogen-bond acceptors (Lipinski definition) is 8. The van der Waals surface area contributed by atoms with Gasteiger partial charge in [-0.3, -0.25) is 4.79 Å². The number of ether oxygens (including phenoxy) is 4. The molecule has 0 saturated heterocycles. The van der Waals surface area contributed by atoms with Gasteiger partial charge in [-0.1, -0.05) is 6.92 Å². The van der Waals surface area contributed by atoms with E-state index in [9.17, 15) is 9.59 Å². The van der Waals surface area contributed by atoms with Crippen LogP contribution in [0.3, 0.4) is 0 Å². The normalized spacial score (nSPS) is 29.3. The second kappa shape index (κ2) is 6.86. The van der Waals surface area contributed by atoms with Crippen LogP contribution in [0.25, 0.3) is 0 Å². The molecule has 0 spiro atoms. The fourth-order valence-corrected chi connectivity index (χ4v) is 4.08. The average Bonchev–Trinajstić information content (AvgIpc) is 3.21. The number of methoxy groups -OCH3 is 3. The number of amides is 1. The van der Waals surface area contributed by atoms with Gasteiger partial charge >= 0.3 is 12.0 Å². The maximum absolute atomic E-state index is 13.0. The fraction of sp³-hybridized carbons (Fsp3) is 0.667. The Morgan fingerprint density at radius 1 is 1.22 bits per heavy atom. The molecule has 9 heteroatoms. The van der Waals surface area contributed by atoms with Gasteiger partial charge in [-0.2, -0.15) is 9.97 Å². The van der Waals surface area contributed by atoms with E-state index in [0.29, 0.717) is 24.6 Å². The first-order chi connectivity index (χ1) is 12.8. The van der Waals surface area contributed by atoms with E-state index in [1.54, 1.807) is 13.0 Å². The summed E-state index contributed by atoms with van der Waals surface area (Å²) in [5, 5.41) is 2.76. The molecule has 0 aliphatic heterocycles. The Balaban J connectivity index is 1.80. The summed E-state index contributed by atoms with van der Waals surface area (Å²) >= 11 is 0. The topological polar surface area (TPSA) is 109 Å². The molecule has 1 amide bonds. The number of aromatic nitrogens is 2. The van der Waals surface area contributed by atoms with Crippen LogP contribution >= 0.6 is 0 Å². The van der Waals surface area contributed by atoms with Gasteiger partial charge in [0, 0.05) is 0 Å². The second-order valence-corrected chi connectivity index (χ2v) is 7.31. The van der Waals surface area contributed by atoms with Crippen LogP contribution < -0.4 is 19.5 Å². The largest absolute Gasteiger partial charge is 0.481 e. The lowest BCUT2D eigenvalue weighted by atomic mass is 9.94. The van der Waals surface area contributed by atoms with Crippen molar-refractivity contribution < 1.29 is 28.5 Å². The fourth-order valence-electron chi connectivity index (χ4n) is 4.08. The minimum absolute atomic E-state index is 0.0977. The molecule has 2 fully saturated rings. The number of fused-ring (bicyclic) bond motifs is 1. The number of nitrogens with one attached hydrogen (secondary N) is 1. The van der Waals surface area contributed by atoms with Crippen LogP contribution in [0.2, 0.25) is 0 Å². The Morgan fingerprint density at radius 2 is 1.85 bits per heavy atom. The Morgan fingerprint density at radius 3 is 2.37 bits per heavy atom. The number of esters is 1. The van der Waals surface area contributed by atoms with Gasteiger partial charge in [-0.25, -0.2) is 4.79 Å². The first-order valence-electron chi connectivity index (χ1n) is 8.82. The summed E-state index contributed by atoms with van der Waals surface area (Å²) < 4.78 is 21.0. The molecule has 0 bridgehead atoms. The van der Waals surface area contributed by atoms with Crippen molar-refractivity contribution >= 4 is 11.9 Å². The zero-order valence-corrected chi connectivity index (χ0v) is 16.2. The Labute approximate surface area is 157 Å². The van der Waals surface area contributed by atoms with E-state index in [4.69, 9.17) is 14.2 Å². The van der Waals surface area contributed by atoms with E-state index in [-0.39, 0.29) is 17.3 Å². The maximum atomic E-state index is 13.0. The Bertz CT molecular complexity index is 734. The van der Waals surface area contributed by atoms with Gasteiger partial charge in [0.1, 0.15) is 12.1 Å². The lowest BCUT2D eigenvalue weighted by Crippen LogP contribution is -2.48. The highest BCUT2D eigenvalue weighted by Gasteiger charge is 2.77. The number of carbonyl (C=O) groups is 2.